The van der Waals surface area contributed by atoms with E-state index in [0.29, 0.717) is 13.1 Å². The standard InChI is InChI=1S/C12H20F3NO/c1-17-9-11(4-5-11)8-16-6-2-10(3-7-16)12(13,14)15/h10H,2-9H2,1H3. The molecule has 0 atom stereocenters. The highest BCUT2D eigenvalue weighted by atomic mass is 19.4. The lowest BCUT2D eigenvalue weighted by atomic mass is 9.95. The predicted octanol–water partition coefficient (Wildman–Crippen LogP) is 2.69. The van der Waals surface area contributed by atoms with E-state index in [1.165, 1.54) is 0 Å². The molecule has 100 valence electrons. The van der Waals surface area contributed by atoms with Crippen LogP contribution in [0, 0.1) is 11.3 Å². The highest BCUT2D eigenvalue weighted by molar-refractivity contribution is 4.96. The normalized spacial score (nSPS) is 26.1. The maximum atomic E-state index is 12.5. The Morgan fingerprint density at radius 1 is 1.24 bits per heavy atom. The van der Waals surface area contributed by atoms with E-state index in [1.807, 2.05) is 0 Å². The molecule has 1 heterocycles. The fraction of sp³-hybridized carbons (Fsp3) is 1.00. The van der Waals surface area contributed by atoms with E-state index in [2.05, 4.69) is 4.90 Å². The number of likely N-dealkylation sites (tertiary alicyclic amines) is 1. The highest BCUT2D eigenvalue weighted by Crippen LogP contribution is 2.47. The molecule has 0 radical (unpaired) electrons. The van der Waals surface area contributed by atoms with Gasteiger partial charge in [-0.25, -0.2) is 0 Å². The zero-order valence-corrected chi connectivity index (χ0v) is 10.2. The lowest BCUT2D eigenvalue weighted by Gasteiger charge is -2.35. The van der Waals surface area contributed by atoms with Gasteiger partial charge < -0.3 is 9.64 Å². The number of hydrogen-bond acceptors (Lipinski definition) is 2. The van der Waals surface area contributed by atoms with Crippen LogP contribution in [0.2, 0.25) is 0 Å². The molecule has 1 saturated heterocycles. The van der Waals surface area contributed by atoms with Crippen LogP contribution in [0.1, 0.15) is 25.7 Å². The van der Waals surface area contributed by atoms with Crippen LogP contribution >= 0.6 is 0 Å². The number of piperidine rings is 1. The molecule has 0 unspecified atom stereocenters. The molecule has 2 aliphatic rings. The van der Waals surface area contributed by atoms with Crippen molar-refractivity contribution in [3.05, 3.63) is 0 Å². The van der Waals surface area contributed by atoms with Gasteiger partial charge in [-0.05, 0) is 38.8 Å². The molecule has 2 nitrogen and oxygen atoms in total. The van der Waals surface area contributed by atoms with E-state index in [4.69, 9.17) is 4.74 Å². The average molecular weight is 251 g/mol. The van der Waals surface area contributed by atoms with Gasteiger partial charge in [0.25, 0.3) is 0 Å². The third kappa shape index (κ3) is 3.35. The van der Waals surface area contributed by atoms with Crippen LogP contribution in [0.3, 0.4) is 0 Å². The largest absolute Gasteiger partial charge is 0.391 e. The van der Waals surface area contributed by atoms with Crippen molar-refractivity contribution < 1.29 is 17.9 Å². The molecule has 5 heteroatoms. The fourth-order valence-corrected chi connectivity index (χ4v) is 2.72. The molecular formula is C12H20F3NO. The molecule has 0 aromatic heterocycles. The monoisotopic (exact) mass is 251 g/mol. The molecule has 0 spiro atoms. The minimum atomic E-state index is -4.00. The topological polar surface area (TPSA) is 12.5 Å². The zero-order valence-electron chi connectivity index (χ0n) is 10.2. The fourth-order valence-electron chi connectivity index (χ4n) is 2.72. The Kier molecular flexibility index (Phi) is 3.69. The van der Waals surface area contributed by atoms with Crippen LogP contribution in [0.15, 0.2) is 0 Å². The van der Waals surface area contributed by atoms with Crippen molar-refractivity contribution in [3.8, 4) is 0 Å². The second-order valence-corrected chi connectivity index (χ2v) is 5.53. The molecule has 17 heavy (non-hydrogen) atoms. The molecule has 1 aliphatic heterocycles. The third-order valence-corrected chi connectivity index (χ3v) is 4.02. The summed E-state index contributed by atoms with van der Waals surface area (Å²) in [6.07, 6.45) is -1.19. The summed E-state index contributed by atoms with van der Waals surface area (Å²) in [6.45, 7) is 2.81. The summed E-state index contributed by atoms with van der Waals surface area (Å²) in [5, 5.41) is 0. The Hall–Kier alpha value is -0.290. The van der Waals surface area contributed by atoms with E-state index in [-0.39, 0.29) is 18.3 Å². The number of ether oxygens (including phenoxy) is 1. The number of halogens is 3. The van der Waals surface area contributed by atoms with Crippen molar-refractivity contribution in [1.82, 2.24) is 4.90 Å². The predicted molar refractivity (Wildman–Crippen MR) is 58.8 cm³/mol. The van der Waals surface area contributed by atoms with Crippen molar-refractivity contribution in [2.75, 3.05) is 33.4 Å². The van der Waals surface area contributed by atoms with Gasteiger partial charge in [0.15, 0.2) is 0 Å². The third-order valence-electron chi connectivity index (χ3n) is 4.02. The highest BCUT2D eigenvalue weighted by Gasteiger charge is 2.46. The summed E-state index contributed by atoms with van der Waals surface area (Å²) in [5.41, 5.74) is 0.250. The van der Waals surface area contributed by atoms with Gasteiger partial charge >= 0.3 is 6.18 Å². The van der Waals surface area contributed by atoms with Gasteiger partial charge in [0.05, 0.1) is 12.5 Å². The summed E-state index contributed by atoms with van der Waals surface area (Å²) in [4.78, 5) is 2.17. The maximum Gasteiger partial charge on any atom is 0.391 e. The number of alkyl halides is 3. The van der Waals surface area contributed by atoms with Crippen LogP contribution in [-0.4, -0.2) is 44.4 Å². The second-order valence-electron chi connectivity index (χ2n) is 5.53. The van der Waals surface area contributed by atoms with E-state index in [9.17, 15) is 13.2 Å². The summed E-state index contributed by atoms with van der Waals surface area (Å²) in [6, 6.07) is 0. The van der Waals surface area contributed by atoms with E-state index in [1.54, 1.807) is 7.11 Å². The van der Waals surface area contributed by atoms with Crippen LogP contribution in [0.4, 0.5) is 13.2 Å². The molecular weight excluding hydrogens is 231 g/mol. The quantitative estimate of drug-likeness (QED) is 0.761. The van der Waals surface area contributed by atoms with Crippen molar-refractivity contribution >= 4 is 0 Å². The Bertz CT molecular complexity index is 255. The smallest absolute Gasteiger partial charge is 0.384 e. The van der Waals surface area contributed by atoms with Gasteiger partial charge in [-0.3, -0.25) is 0 Å². The molecule has 0 aromatic carbocycles. The molecule has 0 aromatic rings. The van der Waals surface area contributed by atoms with Crippen molar-refractivity contribution in [2.45, 2.75) is 31.9 Å². The Morgan fingerprint density at radius 3 is 2.24 bits per heavy atom. The molecule has 0 amide bonds. The molecule has 1 aliphatic carbocycles. The number of hydrogen-bond donors (Lipinski definition) is 0. The summed E-state index contributed by atoms with van der Waals surface area (Å²) >= 11 is 0. The van der Waals surface area contributed by atoms with Gasteiger partial charge in [-0.15, -0.1) is 0 Å². The Labute approximate surface area is 100 Å². The molecule has 1 saturated carbocycles. The number of rotatable bonds is 4. The number of methoxy groups -OCH3 is 1. The summed E-state index contributed by atoms with van der Waals surface area (Å²) < 4.78 is 42.7. The first-order valence-corrected chi connectivity index (χ1v) is 6.23. The minimum absolute atomic E-state index is 0.250. The Balaban J connectivity index is 1.76. The van der Waals surface area contributed by atoms with Crippen LogP contribution in [-0.2, 0) is 4.74 Å². The SMILES string of the molecule is COCC1(CN2CCC(C(F)(F)F)CC2)CC1. The first-order valence-electron chi connectivity index (χ1n) is 6.23. The average Bonchev–Trinajstić information content (AvgIpc) is 2.98. The van der Waals surface area contributed by atoms with E-state index < -0.39 is 12.1 Å². The van der Waals surface area contributed by atoms with Crippen molar-refractivity contribution in [3.63, 3.8) is 0 Å². The minimum Gasteiger partial charge on any atom is -0.384 e. The maximum absolute atomic E-state index is 12.5. The van der Waals surface area contributed by atoms with Crippen LogP contribution in [0.25, 0.3) is 0 Å². The molecule has 2 fully saturated rings. The first kappa shape index (κ1) is 13.1. The van der Waals surface area contributed by atoms with Crippen LogP contribution < -0.4 is 0 Å². The van der Waals surface area contributed by atoms with Gasteiger partial charge in [0.1, 0.15) is 0 Å². The lowest BCUT2D eigenvalue weighted by molar-refractivity contribution is -0.185. The first-order chi connectivity index (χ1) is 7.95. The van der Waals surface area contributed by atoms with Crippen molar-refractivity contribution in [1.29, 1.82) is 0 Å². The molecule has 0 bridgehead atoms. The molecule has 2 rings (SSSR count). The van der Waals surface area contributed by atoms with E-state index >= 15 is 0 Å². The Morgan fingerprint density at radius 2 is 1.82 bits per heavy atom. The van der Waals surface area contributed by atoms with E-state index in [0.717, 1.165) is 26.0 Å². The van der Waals surface area contributed by atoms with Gasteiger partial charge in [0.2, 0.25) is 0 Å². The summed E-state index contributed by atoms with van der Waals surface area (Å²) in [5.74, 6) is -1.09. The van der Waals surface area contributed by atoms with Gasteiger partial charge in [-0.2, -0.15) is 13.2 Å². The van der Waals surface area contributed by atoms with Gasteiger partial charge in [-0.1, -0.05) is 0 Å². The lowest BCUT2D eigenvalue weighted by Crippen LogP contribution is -2.42. The number of nitrogens with zero attached hydrogens (tertiary/aromatic N) is 1. The van der Waals surface area contributed by atoms with Crippen molar-refractivity contribution in [2.24, 2.45) is 11.3 Å². The zero-order chi connectivity index (χ0) is 12.5. The van der Waals surface area contributed by atoms with Gasteiger partial charge in [0, 0.05) is 19.1 Å². The second kappa shape index (κ2) is 4.76. The summed E-state index contributed by atoms with van der Waals surface area (Å²) in [7, 11) is 1.69. The van der Waals surface area contributed by atoms with Crippen LogP contribution in [0.5, 0.6) is 0 Å². The molecule has 0 N–H and O–H groups in total.